The molecule has 1 aliphatic heterocycles. The average molecular weight is 446 g/mol. The molecule has 6 rings (SSSR count). The fraction of sp³-hybridized carbons (Fsp3) is 0.226. The molecule has 0 spiro atoms. The Labute approximate surface area is 200 Å². The smallest absolute Gasteiger partial charge is 0.192 e. The zero-order chi connectivity index (χ0) is 23.6. The Hall–Kier alpha value is -3.72. The second-order valence-corrected chi connectivity index (χ2v) is 10.4. The standard InChI is InChI=1S/C31H27NO2/c1-19-11-7-10-16-23(19)32-24-17-31(2,3)18-25(33)27(24)26(20-12-5-4-6-13-20)28-29(32)21-14-8-9-15-22(21)30(28)34/h4-16,26H,17-18H2,1-3H3/t26-/m1/s1. The van der Waals surface area contributed by atoms with Crippen molar-refractivity contribution < 1.29 is 9.59 Å². The van der Waals surface area contributed by atoms with Gasteiger partial charge in [-0.3, -0.25) is 9.59 Å². The lowest BCUT2D eigenvalue weighted by Gasteiger charge is -2.45. The third-order valence-electron chi connectivity index (χ3n) is 7.38. The van der Waals surface area contributed by atoms with Gasteiger partial charge in [0.1, 0.15) is 0 Å². The van der Waals surface area contributed by atoms with Crippen LogP contribution in [0.1, 0.15) is 59.7 Å². The Balaban J connectivity index is 1.72. The monoisotopic (exact) mass is 445 g/mol. The number of anilines is 1. The van der Waals surface area contributed by atoms with E-state index in [2.05, 4.69) is 37.8 Å². The first-order valence-corrected chi connectivity index (χ1v) is 11.9. The molecule has 0 N–H and O–H groups in total. The molecule has 3 aromatic carbocycles. The minimum atomic E-state index is -0.352. The van der Waals surface area contributed by atoms with Crippen LogP contribution in [0.2, 0.25) is 0 Å². The summed E-state index contributed by atoms with van der Waals surface area (Å²) in [5.74, 6) is -0.175. The lowest BCUT2D eigenvalue weighted by Crippen LogP contribution is -2.39. The van der Waals surface area contributed by atoms with Gasteiger partial charge in [0, 0.05) is 46.0 Å². The molecule has 0 saturated heterocycles. The molecule has 2 aliphatic carbocycles. The number of fused-ring (bicyclic) bond motifs is 2. The minimum absolute atomic E-state index is 0.0298. The Morgan fingerprint density at radius 1 is 0.765 bits per heavy atom. The number of benzene rings is 3. The summed E-state index contributed by atoms with van der Waals surface area (Å²) in [6.45, 7) is 6.43. The first kappa shape index (κ1) is 20.9. The molecule has 0 radical (unpaired) electrons. The number of carbonyl (C=O) groups is 2. The number of allylic oxidation sites excluding steroid dienone is 3. The zero-order valence-corrected chi connectivity index (χ0v) is 19.8. The predicted molar refractivity (Wildman–Crippen MR) is 136 cm³/mol. The average Bonchev–Trinajstić information content (AvgIpc) is 3.11. The second kappa shape index (κ2) is 7.39. The van der Waals surface area contributed by atoms with Gasteiger partial charge in [-0.1, -0.05) is 86.6 Å². The first-order valence-electron chi connectivity index (χ1n) is 11.9. The van der Waals surface area contributed by atoms with E-state index in [1.165, 1.54) is 0 Å². The molecular formula is C31H27NO2. The number of hydrogen-bond acceptors (Lipinski definition) is 3. The van der Waals surface area contributed by atoms with Crippen LogP contribution in [0.5, 0.6) is 0 Å². The Bertz CT molecular complexity index is 1420. The highest BCUT2D eigenvalue weighted by Crippen LogP contribution is 2.56. The molecule has 1 atom stereocenters. The Morgan fingerprint density at radius 2 is 1.41 bits per heavy atom. The van der Waals surface area contributed by atoms with Crippen molar-refractivity contribution in [3.63, 3.8) is 0 Å². The fourth-order valence-corrected chi connectivity index (χ4v) is 5.96. The van der Waals surface area contributed by atoms with Gasteiger partial charge in [0.2, 0.25) is 0 Å². The molecular weight excluding hydrogens is 418 g/mol. The molecule has 3 heteroatoms. The van der Waals surface area contributed by atoms with Crippen molar-refractivity contribution in [2.75, 3.05) is 4.90 Å². The summed E-state index contributed by atoms with van der Waals surface area (Å²) in [5, 5.41) is 0. The van der Waals surface area contributed by atoms with E-state index in [9.17, 15) is 9.59 Å². The lowest BCUT2D eigenvalue weighted by molar-refractivity contribution is -0.118. The number of aryl methyl sites for hydroxylation is 1. The van der Waals surface area contributed by atoms with E-state index in [-0.39, 0.29) is 22.9 Å². The van der Waals surface area contributed by atoms with Crippen LogP contribution in [0.15, 0.2) is 95.7 Å². The first-order chi connectivity index (χ1) is 16.4. The topological polar surface area (TPSA) is 37.4 Å². The molecule has 0 fully saturated rings. The van der Waals surface area contributed by atoms with E-state index < -0.39 is 0 Å². The van der Waals surface area contributed by atoms with E-state index in [4.69, 9.17) is 0 Å². The van der Waals surface area contributed by atoms with Crippen molar-refractivity contribution >= 4 is 23.0 Å². The van der Waals surface area contributed by atoms with Crippen molar-refractivity contribution in [3.05, 3.63) is 118 Å². The summed E-state index contributed by atoms with van der Waals surface area (Å²) in [7, 11) is 0. The highest BCUT2D eigenvalue weighted by atomic mass is 16.1. The van der Waals surface area contributed by atoms with Gasteiger partial charge < -0.3 is 4.90 Å². The number of para-hydroxylation sites is 1. The molecule has 0 amide bonds. The van der Waals surface area contributed by atoms with Gasteiger partial charge in [0.15, 0.2) is 11.6 Å². The molecule has 3 nitrogen and oxygen atoms in total. The zero-order valence-electron chi connectivity index (χ0n) is 19.8. The van der Waals surface area contributed by atoms with Crippen LogP contribution in [0, 0.1) is 12.3 Å². The maximum Gasteiger partial charge on any atom is 0.192 e. The van der Waals surface area contributed by atoms with Gasteiger partial charge in [-0.15, -0.1) is 0 Å². The minimum Gasteiger partial charge on any atom is -0.312 e. The number of hydrogen-bond donors (Lipinski definition) is 0. The third-order valence-corrected chi connectivity index (χ3v) is 7.38. The summed E-state index contributed by atoms with van der Waals surface area (Å²) in [6.07, 6.45) is 1.26. The van der Waals surface area contributed by atoms with Gasteiger partial charge in [-0.2, -0.15) is 0 Å². The molecule has 168 valence electrons. The van der Waals surface area contributed by atoms with Gasteiger partial charge in [0.25, 0.3) is 0 Å². The molecule has 0 unspecified atom stereocenters. The van der Waals surface area contributed by atoms with E-state index >= 15 is 0 Å². The highest BCUT2D eigenvalue weighted by molar-refractivity contribution is 6.25. The van der Waals surface area contributed by atoms with E-state index in [0.29, 0.717) is 6.42 Å². The van der Waals surface area contributed by atoms with Crippen LogP contribution in [-0.2, 0) is 4.79 Å². The van der Waals surface area contributed by atoms with E-state index in [0.717, 1.165) is 56.9 Å². The molecule has 3 aliphatic rings. The second-order valence-electron chi connectivity index (χ2n) is 10.4. The van der Waals surface area contributed by atoms with Gasteiger partial charge in [0.05, 0.1) is 5.70 Å². The maximum absolute atomic E-state index is 14.0. The predicted octanol–water partition coefficient (Wildman–Crippen LogP) is 6.85. The van der Waals surface area contributed by atoms with Crippen LogP contribution < -0.4 is 4.90 Å². The molecule has 0 bridgehead atoms. The van der Waals surface area contributed by atoms with Gasteiger partial charge in [-0.25, -0.2) is 0 Å². The summed E-state index contributed by atoms with van der Waals surface area (Å²) in [4.78, 5) is 30.0. The fourth-order valence-electron chi connectivity index (χ4n) is 5.96. The van der Waals surface area contributed by atoms with E-state index in [1.807, 2.05) is 66.7 Å². The van der Waals surface area contributed by atoms with E-state index in [1.54, 1.807) is 0 Å². The van der Waals surface area contributed by atoms with Crippen molar-refractivity contribution in [1.82, 2.24) is 0 Å². The number of nitrogens with zero attached hydrogens (tertiary/aromatic N) is 1. The van der Waals surface area contributed by atoms with Crippen LogP contribution >= 0.6 is 0 Å². The molecule has 34 heavy (non-hydrogen) atoms. The normalized spacial score (nSPS) is 20.9. The number of Topliss-reactive ketones (excluding diaryl/α,β-unsaturated/α-hetero) is 2. The Kier molecular flexibility index (Phi) is 4.54. The summed E-state index contributed by atoms with van der Waals surface area (Å²) < 4.78 is 0. The van der Waals surface area contributed by atoms with Crippen molar-refractivity contribution in [2.45, 2.75) is 39.5 Å². The van der Waals surface area contributed by atoms with Gasteiger partial charge >= 0.3 is 0 Å². The number of carbonyl (C=O) groups excluding carboxylic acids is 2. The highest BCUT2D eigenvalue weighted by Gasteiger charge is 2.49. The maximum atomic E-state index is 14.0. The largest absolute Gasteiger partial charge is 0.312 e. The van der Waals surface area contributed by atoms with Crippen LogP contribution in [0.4, 0.5) is 5.69 Å². The SMILES string of the molecule is Cc1ccccc1N1C2=C(C(=O)CC(C)(C)C2)[C@@H](c2ccccc2)C2=C1c1ccccc1C2=O. The van der Waals surface area contributed by atoms with Crippen LogP contribution in [0.3, 0.4) is 0 Å². The Morgan fingerprint density at radius 3 is 2.15 bits per heavy atom. The molecule has 0 aromatic heterocycles. The lowest BCUT2D eigenvalue weighted by atomic mass is 9.68. The van der Waals surface area contributed by atoms with Crippen molar-refractivity contribution in [2.24, 2.45) is 5.41 Å². The third kappa shape index (κ3) is 2.96. The summed E-state index contributed by atoms with van der Waals surface area (Å²) in [5.41, 5.74) is 8.15. The molecule has 1 heterocycles. The van der Waals surface area contributed by atoms with Crippen molar-refractivity contribution in [1.29, 1.82) is 0 Å². The van der Waals surface area contributed by atoms with Crippen LogP contribution in [-0.4, -0.2) is 11.6 Å². The summed E-state index contributed by atoms with van der Waals surface area (Å²) >= 11 is 0. The number of ketones is 2. The van der Waals surface area contributed by atoms with Crippen LogP contribution in [0.25, 0.3) is 5.70 Å². The van der Waals surface area contributed by atoms with Crippen molar-refractivity contribution in [3.8, 4) is 0 Å². The number of rotatable bonds is 2. The molecule has 0 saturated carbocycles. The molecule has 3 aromatic rings. The quantitative estimate of drug-likeness (QED) is 0.433. The summed E-state index contributed by atoms with van der Waals surface area (Å²) in [6, 6.07) is 26.2. The van der Waals surface area contributed by atoms with Gasteiger partial charge in [-0.05, 0) is 36.0 Å².